The van der Waals surface area contributed by atoms with E-state index in [1.165, 1.54) is 59.5 Å². The fraction of sp³-hybridized carbons (Fsp3) is 0.143. The number of hydrogen-bond donors (Lipinski definition) is 3. The van der Waals surface area contributed by atoms with Gasteiger partial charge in [0, 0.05) is 18.2 Å². The lowest BCUT2D eigenvalue weighted by Gasteiger charge is -2.39. The normalized spacial score (nSPS) is 16.3. The van der Waals surface area contributed by atoms with Crippen molar-refractivity contribution in [2.24, 2.45) is 5.14 Å². The molecule has 1 aliphatic rings. The maximum absolute atomic E-state index is 14.8. The Morgan fingerprint density at radius 2 is 1.53 bits per heavy atom. The molecule has 4 rings (SSSR count). The Hall–Kier alpha value is -3.01. The van der Waals surface area contributed by atoms with E-state index in [4.69, 9.17) is 5.14 Å². The number of aliphatic hydroxyl groups is 1. The summed E-state index contributed by atoms with van der Waals surface area (Å²) >= 11 is 0. The molecule has 0 aromatic heterocycles. The van der Waals surface area contributed by atoms with E-state index in [9.17, 15) is 22.3 Å². The number of sulfonamides is 1. The van der Waals surface area contributed by atoms with Gasteiger partial charge in [0.15, 0.2) is 5.60 Å². The lowest BCUT2D eigenvalue weighted by Crippen LogP contribution is -2.52. The Balaban J connectivity index is 1.91. The number of nitrogens with two attached hydrogens (primary N) is 1. The highest BCUT2D eigenvalue weighted by atomic mass is 32.2. The van der Waals surface area contributed by atoms with Crippen LogP contribution in [0.25, 0.3) is 0 Å². The molecule has 0 aliphatic carbocycles. The molecular formula is C21H19F2N3O3S. The van der Waals surface area contributed by atoms with Crippen LogP contribution in [-0.4, -0.2) is 26.7 Å². The second-order valence-electron chi connectivity index (χ2n) is 7.11. The van der Waals surface area contributed by atoms with Crippen LogP contribution in [0, 0.1) is 11.6 Å². The van der Waals surface area contributed by atoms with E-state index in [-0.39, 0.29) is 16.0 Å². The second-order valence-corrected chi connectivity index (χ2v) is 8.67. The monoisotopic (exact) mass is 431 g/mol. The molecule has 0 saturated heterocycles. The number of likely N-dealkylation sites (N-methyl/N-ethyl adjacent to an activating group) is 1. The van der Waals surface area contributed by atoms with E-state index in [0.717, 1.165) is 0 Å². The summed E-state index contributed by atoms with van der Waals surface area (Å²) in [5, 5.41) is 20.1. The number of anilines is 2. The molecule has 1 aliphatic heterocycles. The molecule has 1 unspecified atom stereocenters. The standard InChI is InChI=1S/C21H19F2N3O3S/c1-26-19-12-13(30(24,28)29)10-11-18(19)25-20(26)21(27,14-6-2-4-8-16(14)22)15-7-3-5-9-17(15)23/h2-12,20,25,27H,1H3,(H2,24,28,29). The maximum atomic E-state index is 14.8. The number of nitrogens with zero attached hydrogens (tertiary/aromatic N) is 1. The van der Waals surface area contributed by atoms with Crippen LogP contribution in [-0.2, 0) is 15.6 Å². The number of rotatable bonds is 4. The molecule has 0 fully saturated rings. The molecule has 0 bridgehead atoms. The Morgan fingerprint density at radius 1 is 1.00 bits per heavy atom. The summed E-state index contributed by atoms with van der Waals surface area (Å²) in [6.45, 7) is 0. The summed E-state index contributed by atoms with van der Waals surface area (Å²) in [5.41, 5.74) is -1.50. The maximum Gasteiger partial charge on any atom is 0.238 e. The van der Waals surface area contributed by atoms with Crippen molar-refractivity contribution in [1.29, 1.82) is 0 Å². The van der Waals surface area contributed by atoms with Crippen molar-refractivity contribution < 1.29 is 22.3 Å². The van der Waals surface area contributed by atoms with Crippen molar-refractivity contribution >= 4 is 21.4 Å². The van der Waals surface area contributed by atoms with Crippen LogP contribution < -0.4 is 15.4 Å². The van der Waals surface area contributed by atoms with Crippen molar-refractivity contribution in [3.63, 3.8) is 0 Å². The van der Waals surface area contributed by atoms with Gasteiger partial charge in [0.2, 0.25) is 10.0 Å². The van der Waals surface area contributed by atoms with Gasteiger partial charge in [-0.05, 0) is 30.3 Å². The molecule has 3 aromatic rings. The Kier molecular flexibility index (Phi) is 4.76. The molecule has 1 heterocycles. The van der Waals surface area contributed by atoms with Gasteiger partial charge in [-0.1, -0.05) is 36.4 Å². The topological polar surface area (TPSA) is 95.7 Å². The van der Waals surface area contributed by atoms with Gasteiger partial charge in [-0.15, -0.1) is 0 Å². The predicted octanol–water partition coefficient (Wildman–Crippen LogP) is 2.74. The molecule has 9 heteroatoms. The molecule has 156 valence electrons. The van der Waals surface area contributed by atoms with Gasteiger partial charge < -0.3 is 15.3 Å². The Bertz CT molecular complexity index is 1190. The number of benzene rings is 3. The molecule has 0 radical (unpaired) electrons. The van der Waals surface area contributed by atoms with Crippen molar-refractivity contribution in [3.8, 4) is 0 Å². The number of hydrogen-bond acceptors (Lipinski definition) is 5. The van der Waals surface area contributed by atoms with Crippen LogP contribution in [0.2, 0.25) is 0 Å². The summed E-state index contributed by atoms with van der Waals surface area (Å²) in [4.78, 5) is 1.42. The smallest absolute Gasteiger partial charge is 0.238 e. The summed E-state index contributed by atoms with van der Waals surface area (Å²) < 4.78 is 53.1. The van der Waals surface area contributed by atoms with Gasteiger partial charge in [0.05, 0.1) is 16.3 Å². The van der Waals surface area contributed by atoms with Gasteiger partial charge >= 0.3 is 0 Å². The molecule has 6 nitrogen and oxygen atoms in total. The predicted molar refractivity (Wildman–Crippen MR) is 109 cm³/mol. The van der Waals surface area contributed by atoms with Gasteiger partial charge in [0.1, 0.15) is 17.8 Å². The van der Waals surface area contributed by atoms with E-state index in [0.29, 0.717) is 11.4 Å². The Morgan fingerprint density at radius 3 is 2.03 bits per heavy atom. The van der Waals surface area contributed by atoms with Gasteiger partial charge in [-0.2, -0.15) is 0 Å². The van der Waals surface area contributed by atoms with E-state index in [1.54, 1.807) is 19.2 Å². The van der Waals surface area contributed by atoms with Crippen LogP contribution in [0.1, 0.15) is 11.1 Å². The van der Waals surface area contributed by atoms with Crippen molar-refractivity contribution in [1.82, 2.24) is 0 Å². The lowest BCUT2D eigenvalue weighted by molar-refractivity contribution is 0.0537. The minimum Gasteiger partial charge on any atom is -0.376 e. The van der Waals surface area contributed by atoms with Crippen molar-refractivity contribution in [2.45, 2.75) is 16.7 Å². The minimum atomic E-state index is -3.96. The summed E-state index contributed by atoms with van der Waals surface area (Å²) in [5.74, 6) is -1.42. The van der Waals surface area contributed by atoms with Crippen LogP contribution in [0.15, 0.2) is 71.6 Å². The zero-order chi connectivity index (χ0) is 21.7. The first-order chi connectivity index (χ1) is 14.1. The number of fused-ring (bicyclic) bond motifs is 1. The van der Waals surface area contributed by atoms with Crippen LogP contribution in [0.4, 0.5) is 20.2 Å². The molecule has 30 heavy (non-hydrogen) atoms. The van der Waals surface area contributed by atoms with E-state index < -0.39 is 33.4 Å². The molecular weight excluding hydrogens is 412 g/mol. The van der Waals surface area contributed by atoms with E-state index in [1.807, 2.05) is 0 Å². The second kappa shape index (κ2) is 7.05. The molecule has 0 saturated carbocycles. The lowest BCUT2D eigenvalue weighted by atomic mass is 9.82. The fourth-order valence-electron chi connectivity index (χ4n) is 3.85. The molecule has 1 atom stereocenters. The molecule has 0 amide bonds. The highest BCUT2D eigenvalue weighted by molar-refractivity contribution is 7.89. The van der Waals surface area contributed by atoms with Crippen molar-refractivity contribution in [2.75, 3.05) is 17.3 Å². The zero-order valence-corrected chi connectivity index (χ0v) is 16.7. The number of primary sulfonamides is 1. The summed E-state index contributed by atoms with van der Waals surface area (Å²) in [6, 6.07) is 15.3. The zero-order valence-electron chi connectivity index (χ0n) is 15.9. The SMILES string of the molecule is CN1c2cc(S(N)(=O)=O)ccc2NC1C(O)(c1ccccc1F)c1ccccc1F. The largest absolute Gasteiger partial charge is 0.376 e. The molecule has 3 aromatic carbocycles. The number of halogens is 2. The van der Waals surface area contributed by atoms with E-state index in [2.05, 4.69) is 5.32 Å². The highest BCUT2D eigenvalue weighted by Gasteiger charge is 2.49. The third kappa shape index (κ3) is 3.11. The first kappa shape index (κ1) is 20.3. The first-order valence-electron chi connectivity index (χ1n) is 9.02. The Labute approximate surface area is 172 Å². The summed E-state index contributed by atoms with van der Waals surface area (Å²) in [7, 11) is -2.37. The van der Waals surface area contributed by atoms with Gasteiger partial charge in [-0.25, -0.2) is 22.3 Å². The summed E-state index contributed by atoms with van der Waals surface area (Å²) in [6.07, 6.45) is -1.04. The number of nitrogens with one attached hydrogen (secondary N) is 1. The van der Waals surface area contributed by atoms with Crippen LogP contribution >= 0.6 is 0 Å². The van der Waals surface area contributed by atoms with Gasteiger partial charge in [0.25, 0.3) is 0 Å². The van der Waals surface area contributed by atoms with E-state index >= 15 is 0 Å². The van der Waals surface area contributed by atoms with Crippen molar-refractivity contribution in [3.05, 3.63) is 89.5 Å². The average Bonchev–Trinajstić information content (AvgIpc) is 3.04. The third-order valence-electron chi connectivity index (χ3n) is 5.32. The molecule has 4 N–H and O–H groups in total. The molecule has 0 spiro atoms. The van der Waals surface area contributed by atoms with Gasteiger partial charge in [-0.3, -0.25) is 0 Å². The van der Waals surface area contributed by atoms with Crippen LogP contribution in [0.5, 0.6) is 0 Å². The third-order valence-corrected chi connectivity index (χ3v) is 6.23. The fourth-order valence-corrected chi connectivity index (χ4v) is 4.38. The quantitative estimate of drug-likeness (QED) is 0.591. The minimum absolute atomic E-state index is 0.115. The highest BCUT2D eigenvalue weighted by Crippen LogP contribution is 2.45. The first-order valence-corrected chi connectivity index (χ1v) is 10.6. The average molecular weight is 431 g/mol. The van der Waals surface area contributed by atoms with Crippen LogP contribution in [0.3, 0.4) is 0 Å².